The van der Waals surface area contributed by atoms with Gasteiger partial charge in [0.2, 0.25) is 5.91 Å². The van der Waals surface area contributed by atoms with Gasteiger partial charge in [-0.15, -0.1) is 0 Å². The minimum Gasteiger partial charge on any atom is -0.465 e. The quantitative estimate of drug-likeness (QED) is 0.613. The molecule has 2 heterocycles. The van der Waals surface area contributed by atoms with Crippen LogP contribution in [0, 0.1) is 5.92 Å². The van der Waals surface area contributed by atoms with E-state index in [0.717, 1.165) is 23.0 Å². The summed E-state index contributed by atoms with van der Waals surface area (Å²) in [7, 11) is 0. The predicted molar refractivity (Wildman–Crippen MR) is 71.0 cm³/mol. The average molecular weight is 257 g/mol. The largest absolute Gasteiger partial charge is 0.465 e. The van der Waals surface area contributed by atoms with Crippen molar-refractivity contribution in [3.63, 3.8) is 0 Å². The molecule has 4 nitrogen and oxygen atoms in total. The number of hydrogen-bond acceptors (Lipinski definition) is 3. The second kappa shape index (κ2) is 4.53. The van der Waals surface area contributed by atoms with Crippen molar-refractivity contribution in [2.24, 2.45) is 5.92 Å². The predicted octanol–water partition coefficient (Wildman–Crippen LogP) is 2.41. The molecule has 0 amide bonds. The van der Waals surface area contributed by atoms with E-state index in [-0.39, 0.29) is 5.91 Å². The Hall–Kier alpha value is -2.10. The fraction of sp³-hybridized carbons (Fsp3) is 0.333. The molecule has 1 aromatic carbocycles. The molecule has 0 bridgehead atoms. The van der Waals surface area contributed by atoms with E-state index in [2.05, 4.69) is 0 Å². The third-order valence-electron chi connectivity index (χ3n) is 3.57. The Labute approximate surface area is 111 Å². The lowest BCUT2D eigenvalue weighted by Crippen LogP contribution is -2.35. The van der Waals surface area contributed by atoms with Crippen molar-refractivity contribution >= 4 is 22.8 Å². The van der Waals surface area contributed by atoms with E-state index in [1.165, 1.54) is 0 Å². The third-order valence-corrected chi connectivity index (χ3v) is 3.57. The van der Waals surface area contributed by atoms with Crippen LogP contribution >= 0.6 is 0 Å². The Morgan fingerprint density at radius 1 is 1.42 bits per heavy atom. The highest BCUT2D eigenvalue weighted by Gasteiger charge is 2.34. The summed E-state index contributed by atoms with van der Waals surface area (Å²) in [6.45, 7) is 2.06. The molecule has 1 unspecified atom stereocenters. The molecule has 0 N–H and O–H groups in total. The maximum Gasteiger partial charge on any atom is 0.318 e. The summed E-state index contributed by atoms with van der Waals surface area (Å²) in [6.07, 6.45) is 1.26. The van der Waals surface area contributed by atoms with Gasteiger partial charge in [-0.1, -0.05) is 18.2 Å². The number of aryl methyl sites for hydroxylation is 1. The van der Waals surface area contributed by atoms with Gasteiger partial charge in [0, 0.05) is 11.1 Å². The van der Waals surface area contributed by atoms with E-state index >= 15 is 0 Å². The van der Waals surface area contributed by atoms with Crippen LogP contribution in [-0.4, -0.2) is 23.1 Å². The number of fused-ring (bicyclic) bond motifs is 3. The fourth-order valence-corrected chi connectivity index (χ4v) is 2.69. The summed E-state index contributed by atoms with van der Waals surface area (Å²) >= 11 is 0. The van der Waals surface area contributed by atoms with Crippen LogP contribution in [-0.2, 0) is 16.0 Å². The number of nitrogens with zero attached hydrogens (tertiary/aromatic N) is 1. The highest BCUT2D eigenvalue weighted by Crippen LogP contribution is 2.28. The standard InChI is InChI=1S/C15H15NO3/c1-2-19-15(18)12-8-7-11-9-10-5-3-4-6-13(10)16(11)14(12)17/h3-6,9,12H,2,7-8H2,1H3. The Balaban J connectivity index is 2.05. The van der Waals surface area contributed by atoms with Crippen molar-refractivity contribution in [1.82, 2.24) is 4.57 Å². The van der Waals surface area contributed by atoms with Gasteiger partial charge in [0.15, 0.2) is 0 Å². The van der Waals surface area contributed by atoms with Crippen molar-refractivity contribution in [2.45, 2.75) is 19.8 Å². The Kier molecular flexibility index (Phi) is 2.85. The zero-order chi connectivity index (χ0) is 13.4. The average Bonchev–Trinajstić information content (AvgIpc) is 2.78. The van der Waals surface area contributed by atoms with Crippen molar-refractivity contribution in [1.29, 1.82) is 0 Å². The van der Waals surface area contributed by atoms with Crippen LogP contribution in [0.2, 0.25) is 0 Å². The molecule has 1 aliphatic heterocycles. The molecule has 1 atom stereocenters. The van der Waals surface area contributed by atoms with Crippen LogP contribution in [0.5, 0.6) is 0 Å². The Bertz CT molecular complexity index is 656. The molecule has 0 saturated carbocycles. The van der Waals surface area contributed by atoms with Crippen molar-refractivity contribution in [3.8, 4) is 0 Å². The van der Waals surface area contributed by atoms with E-state index in [4.69, 9.17) is 4.74 Å². The first kappa shape index (κ1) is 12.0. The second-order valence-electron chi connectivity index (χ2n) is 4.71. The number of aromatic nitrogens is 1. The van der Waals surface area contributed by atoms with Crippen molar-refractivity contribution in [2.75, 3.05) is 6.61 Å². The van der Waals surface area contributed by atoms with Gasteiger partial charge in [0.05, 0.1) is 12.1 Å². The van der Waals surface area contributed by atoms with E-state index in [0.29, 0.717) is 13.0 Å². The van der Waals surface area contributed by atoms with Gasteiger partial charge in [-0.25, -0.2) is 0 Å². The minimum atomic E-state index is -0.664. The molecule has 1 aliphatic rings. The second-order valence-corrected chi connectivity index (χ2v) is 4.71. The maximum atomic E-state index is 12.5. The normalized spacial score (nSPS) is 18.4. The lowest BCUT2D eigenvalue weighted by molar-refractivity contribution is -0.146. The topological polar surface area (TPSA) is 48.3 Å². The monoisotopic (exact) mass is 257 g/mol. The molecule has 2 aromatic rings. The summed E-state index contributed by atoms with van der Waals surface area (Å²) in [6, 6.07) is 9.75. The molecule has 0 saturated heterocycles. The number of carbonyl (C=O) groups is 2. The summed E-state index contributed by atoms with van der Waals surface area (Å²) in [5, 5.41) is 1.04. The van der Waals surface area contributed by atoms with Crippen LogP contribution in [0.1, 0.15) is 23.8 Å². The first-order valence-corrected chi connectivity index (χ1v) is 6.52. The first-order chi connectivity index (χ1) is 9.22. The Morgan fingerprint density at radius 2 is 2.21 bits per heavy atom. The number of hydrogen-bond donors (Lipinski definition) is 0. The molecule has 0 radical (unpaired) electrons. The zero-order valence-corrected chi connectivity index (χ0v) is 10.8. The van der Waals surface area contributed by atoms with E-state index in [1.54, 1.807) is 11.5 Å². The highest BCUT2D eigenvalue weighted by atomic mass is 16.5. The number of rotatable bonds is 2. The molecule has 98 valence electrons. The van der Waals surface area contributed by atoms with Crippen LogP contribution in [0.25, 0.3) is 10.9 Å². The molecular weight excluding hydrogens is 242 g/mol. The molecule has 3 rings (SSSR count). The molecular formula is C15H15NO3. The summed E-state index contributed by atoms with van der Waals surface area (Å²) in [5.74, 6) is -1.24. The summed E-state index contributed by atoms with van der Waals surface area (Å²) in [4.78, 5) is 24.3. The van der Waals surface area contributed by atoms with Crippen LogP contribution < -0.4 is 0 Å². The fourth-order valence-electron chi connectivity index (χ4n) is 2.69. The van der Waals surface area contributed by atoms with Crippen LogP contribution in [0.15, 0.2) is 30.3 Å². The SMILES string of the molecule is CCOC(=O)C1CCc2cc3ccccc3n2C1=O. The lowest BCUT2D eigenvalue weighted by Gasteiger charge is -2.22. The van der Waals surface area contributed by atoms with Gasteiger partial charge in [-0.05, 0) is 31.9 Å². The highest BCUT2D eigenvalue weighted by molar-refractivity contribution is 6.04. The smallest absolute Gasteiger partial charge is 0.318 e. The van der Waals surface area contributed by atoms with E-state index < -0.39 is 11.9 Å². The number of para-hydroxylation sites is 1. The first-order valence-electron chi connectivity index (χ1n) is 6.52. The molecule has 1 aromatic heterocycles. The summed E-state index contributed by atoms with van der Waals surface area (Å²) < 4.78 is 6.65. The molecule has 4 heteroatoms. The van der Waals surface area contributed by atoms with Crippen molar-refractivity contribution in [3.05, 3.63) is 36.0 Å². The molecule has 0 spiro atoms. The molecule has 19 heavy (non-hydrogen) atoms. The van der Waals surface area contributed by atoms with Crippen molar-refractivity contribution < 1.29 is 14.3 Å². The molecule has 0 fully saturated rings. The van der Waals surface area contributed by atoms with Gasteiger partial charge in [-0.2, -0.15) is 0 Å². The number of carbonyl (C=O) groups excluding carboxylic acids is 2. The van der Waals surface area contributed by atoms with E-state index in [1.807, 2.05) is 30.3 Å². The van der Waals surface area contributed by atoms with Gasteiger partial charge < -0.3 is 4.74 Å². The molecule has 0 aliphatic carbocycles. The Morgan fingerprint density at radius 3 is 3.00 bits per heavy atom. The summed E-state index contributed by atoms with van der Waals surface area (Å²) in [5.41, 5.74) is 1.85. The van der Waals surface area contributed by atoms with Gasteiger partial charge in [0.1, 0.15) is 5.92 Å². The van der Waals surface area contributed by atoms with Gasteiger partial charge in [0.25, 0.3) is 0 Å². The van der Waals surface area contributed by atoms with Crippen LogP contribution in [0.3, 0.4) is 0 Å². The van der Waals surface area contributed by atoms with Gasteiger partial charge >= 0.3 is 5.97 Å². The number of esters is 1. The lowest BCUT2D eigenvalue weighted by atomic mass is 9.97. The number of benzene rings is 1. The maximum absolute atomic E-state index is 12.5. The minimum absolute atomic E-state index is 0.166. The zero-order valence-electron chi connectivity index (χ0n) is 10.8. The van der Waals surface area contributed by atoms with Crippen LogP contribution in [0.4, 0.5) is 0 Å². The van der Waals surface area contributed by atoms with E-state index in [9.17, 15) is 9.59 Å². The number of ether oxygens (including phenoxy) is 1. The van der Waals surface area contributed by atoms with Gasteiger partial charge in [-0.3, -0.25) is 14.2 Å². The third kappa shape index (κ3) is 1.84.